The van der Waals surface area contributed by atoms with Crippen LogP contribution in [0.4, 0.5) is 5.69 Å². The first-order chi connectivity index (χ1) is 9.57. The summed E-state index contributed by atoms with van der Waals surface area (Å²) >= 11 is 6.88. The van der Waals surface area contributed by atoms with E-state index in [0.717, 1.165) is 43.2 Å². The molecule has 1 fully saturated rings. The maximum atomic E-state index is 12.4. The van der Waals surface area contributed by atoms with Crippen molar-refractivity contribution in [3.8, 4) is 0 Å². The van der Waals surface area contributed by atoms with E-state index in [1.54, 1.807) is 18.5 Å². The summed E-state index contributed by atoms with van der Waals surface area (Å²) in [6, 6.07) is 4.96. The normalized spacial score (nSPS) is 16.6. The molecule has 3 rings (SSSR count). The van der Waals surface area contributed by atoms with Gasteiger partial charge in [0.05, 0.1) is 10.0 Å². The second-order valence-electron chi connectivity index (χ2n) is 4.50. The van der Waals surface area contributed by atoms with Gasteiger partial charge in [0, 0.05) is 38.6 Å². The molecular weight excluding hydrogens is 318 g/mol. The lowest BCUT2D eigenvalue weighted by Gasteiger charge is -2.28. The molecule has 0 aromatic carbocycles. The van der Waals surface area contributed by atoms with Crippen LogP contribution in [0.1, 0.15) is 0 Å². The van der Waals surface area contributed by atoms with E-state index < -0.39 is 10.0 Å². The summed E-state index contributed by atoms with van der Waals surface area (Å²) in [6.07, 6.45) is 3.24. The van der Waals surface area contributed by atoms with Gasteiger partial charge in [-0.05, 0) is 18.2 Å². The molecule has 3 heterocycles. The van der Waals surface area contributed by atoms with Crippen molar-refractivity contribution >= 4 is 38.6 Å². The summed E-state index contributed by atoms with van der Waals surface area (Å²) in [7, 11) is -3.53. The molecule has 2 aromatic heterocycles. The zero-order valence-electron chi connectivity index (χ0n) is 10.6. The largest absolute Gasteiger partial charge is 0.368 e. The van der Waals surface area contributed by atoms with Gasteiger partial charge in [0.1, 0.15) is 4.21 Å². The molecule has 1 saturated heterocycles. The first-order valence-electron chi connectivity index (χ1n) is 6.22. The number of rotatable bonds is 3. The first kappa shape index (κ1) is 13.9. The van der Waals surface area contributed by atoms with E-state index >= 15 is 0 Å². The van der Waals surface area contributed by atoms with Crippen molar-refractivity contribution in [3.05, 3.63) is 34.9 Å². The highest BCUT2D eigenvalue weighted by molar-refractivity contribution is 7.92. The number of nitrogens with one attached hydrogen (secondary N) is 1. The van der Waals surface area contributed by atoms with Gasteiger partial charge in [-0.2, -0.15) is 8.42 Å². The van der Waals surface area contributed by atoms with Crippen LogP contribution in [0, 0.1) is 0 Å². The third-order valence-electron chi connectivity index (χ3n) is 3.21. The fraction of sp³-hybridized carbons (Fsp3) is 0.333. The molecule has 5 nitrogen and oxygen atoms in total. The molecule has 108 valence electrons. The first-order valence-corrected chi connectivity index (χ1v) is 8.85. The van der Waals surface area contributed by atoms with Crippen LogP contribution in [-0.2, 0) is 10.0 Å². The molecule has 1 N–H and O–H groups in total. The van der Waals surface area contributed by atoms with Gasteiger partial charge in [-0.1, -0.05) is 11.6 Å². The van der Waals surface area contributed by atoms with E-state index in [-0.39, 0.29) is 4.21 Å². The van der Waals surface area contributed by atoms with Gasteiger partial charge in [-0.15, -0.1) is 11.3 Å². The van der Waals surface area contributed by atoms with Crippen LogP contribution in [0.15, 0.2) is 34.8 Å². The molecule has 0 unspecified atom stereocenters. The van der Waals surface area contributed by atoms with Gasteiger partial charge in [0.2, 0.25) is 0 Å². The molecule has 0 aliphatic carbocycles. The average molecular weight is 332 g/mol. The van der Waals surface area contributed by atoms with E-state index in [2.05, 4.69) is 10.2 Å². The Morgan fingerprint density at radius 1 is 1.20 bits per heavy atom. The van der Waals surface area contributed by atoms with Crippen molar-refractivity contribution in [1.29, 1.82) is 0 Å². The van der Waals surface area contributed by atoms with Crippen molar-refractivity contribution in [3.63, 3.8) is 0 Å². The molecule has 0 atom stereocenters. The Morgan fingerprint density at radius 3 is 2.60 bits per heavy atom. The smallest absolute Gasteiger partial charge is 0.277 e. The Labute approximate surface area is 126 Å². The standard InChI is InChI=1S/C12H14ClN3O2S2/c13-11-1-2-12(19-11)20(17,18)16-6-3-10(9-16)15-7-4-14-5-8-15/h1-3,6,9,14H,4-5,7-8H2. The van der Waals surface area contributed by atoms with Crippen LogP contribution in [-0.4, -0.2) is 38.6 Å². The predicted molar refractivity (Wildman–Crippen MR) is 81.4 cm³/mol. The number of piperazine rings is 1. The number of thiophene rings is 1. The second-order valence-corrected chi connectivity index (χ2v) is 8.29. The van der Waals surface area contributed by atoms with Crippen molar-refractivity contribution in [2.75, 3.05) is 31.1 Å². The molecular formula is C12H14ClN3O2S2. The fourth-order valence-electron chi connectivity index (χ4n) is 2.17. The Bertz CT molecular complexity index is 702. The number of hydrogen-bond donors (Lipinski definition) is 1. The van der Waals surface area contributed by atoms with Crippen LogP contribution in [0.5, 0.6) is 0 Å². The molecule has 0 spiro atoms. The molecule has 1 aliphatic heterocycles. The van der Waals surface area contributed by atoms with Crippen molar-refractivity contribution in [2.45, 2.75) is 4.21 Å². The van der Waals surface area contributed by atoms with Gasteiger partial charge < -0.3 is 10.2 Å². The molecule has 0 radical (unpaired) electrons. The average Bonchev–Trinajstić information content (AvgIpc) is 3.09. The van der Waals surface area contributed by atoms with Gasteiger partial charge in [0.25, 0.3) is 10.0 Å². The lowest BCUT2D eigenvalue weighted by molar-refractivity contribution is 0.586. The van der Waals surface area contributed by atoms with E-state index in [4.69, 9.17) is 11.6 Å². The monoisotopic (exact) mass is 331 g/mol. The van der Waals surface area contributed by atoms with E-state index in [1.165, 1.54) is 10.0 Å². The third-order valence-corrected chi connectivity index (χ3v) is 6.55. The number of halogens is 1. The highest BCUT2D eigenvalue weighted by Gasteiger charge is 2.20. The molecule has 2 aromatic rings. The van der Waals surface area contributed by atoms with E-state index in [0.29, 0.717) is 4.34 Å². The quantitative estimate of drug-likeness (QED) is 0.932. The van der Waals surface area contributed by atoms with Crippen LogP contribution < -0.4 is 10.2 Å². The van der Waals surface area contributed by atoms with Crippen molar-refractivity contribution in [2.24, 2.45) is 0 Å². The molecule has 0 saturated carbocycles. The zero-order chi connectivity index (χ0) is 14.2. The fourth-order valence-corrected chi connectivity index (χ4v) is 4.94. The Hall–Kier alpha value is -1.02. The molecule has 20 heavy (non-hydrogen) atoms. The Kier molecular flexibility index (Phi) is 3.76. The van der Waals surface area contributed by atoms with E-state index in [1.807, 2.05) is 6.07 Å². The molecule has 0 bridgehead atoms. The van der Waals surface area contributed by atoms with Gasteiger partial charge in [-0.25, -0.2) is 3.97 Å². The van der Waals surface area contributed by atoms with E-state index in [9.17, 15) is 8.42 Å². The van der Waals surface area contributed by atoms with Crippen LogP contribution in [0.25, 0.3) is 0 Å². The number of hydrogen-bond acceptors (Lipinski definition) is 5. The zero-order valence-corrected chi connectivity index (χ0v) is 13.0. The summed E-state index contributed by atoms with van der Waals surface area (Å²) in [6.45, 7) is 3.60. The molecule has 1 aliphatic rings. The Balaban J connectivity index is 1.89. The van der Waals surface area contributed by atoms with Gasteiger partial charge in [0.15, 0.2) is 0 Å². The minimum absolute atomic E-state index is 0.255. The lowest BCUT2D eigenvalue weighted by atomic mass is 10.3. The van der Waals surface area contributed by atoms with Crippen LogP contribution in [0.2, 0.25) is 4.34 Å². The third kappa shape index (κ3) is 2.58. The number of nitrogens with zero attached hydrogens (tertiary/aromatic N) is 2. The summed E-state index contributed by atoms with van der Waals surface area (Å²) in [4.78, 5) is 2.17. The minimum atomic E-state index is -3.53. The van der Waals surface area contributed by atoms with Crippen LogP contribution in [0.3, 0.4) is 0 Å². The second kappa shape index (κ2) is 5.40. The maximum Gasteiger partial charge on any atom is 0.277 e. The Morgan fingerprint density at radius 2 is 1.95 bits per heavy atom. The maximum absolute atomic E-state index is 12.4. The SMILES string of the molecule is O=S(=O)(c1ccc(Cl)s1)n1ccc(N2CCNCC2)c1. The number of aromatic nitrogens is 1. The summed E-state index contributed by atoms with van der Waals surface area (Å²) in [5.41, 5.74) is 0.928. The molecule has 8 heteroatoms. The molecule has 0 amide bonds. The highest BCUT2D eigenvalue weighted by atomic mass is 35.5. The summed E-state index contributed by atoms with van der Waals surface area (Å²) in [5, 5.41) is 3.27. The van der Waals surface area contributed by atoms with Crippen molar-refractivity contribution in [1.82, 2.24) is 9.29 Å². The lowest BCUT2D eigenvalue weighted by Crippen LogP contribution is -2.43. The summed E-state index contributed by atoms with van der Waals surface area (Å²) in [5.74, 6) is 0. The van der Waals surface area contributed by atoms with Gasteiger partial charge in [-0.3, -0.25) is 0 Å². The highest BCUT2D eigenvalue weighted by Crippen LogP contribution is 2.28. The van der Waals surface area contributed by atoms with Gasteiger partial charge >= 0.3 is 0 Å². The van der Waals surface area contributed by atoms with Crippen LogP contribution >= 0.6 is 22.9 Å². The number of anilines is 1. The summed E-state index contributed by atoms with van der Waals surface area (Å²) < 4.78 is 26.8. The van der Waals surface area contributed by atoms with Crippen molar-refractivity contribution < 1.29 is 8.42 Å². The topological polar surface area (TPSA) is 54.3 Å². The predicted octanol–water partition coefficient (Wildman–Crippen LogP) is 1.85. The minimum Gasteiger partial charge on any atom is -0.368 e.